The smallest absolute Gasteiger partial charge is 0.312 e. The molecule has 0 radical (unpaired) electrons. The number of carbonyl (C=O) groups is 1. The van der Waals surface area contributed by atoms with E-state index in [0.29, 0.717) is 12.8 Å². The van der Waals surface area contributed by atoms with E-state index >= 15 is 0 Å². The predicted molar refractivity (Wildman–Crippen MR) is 141 cm³/mol. The Balaban J connectivity index is 1.63. The molecule has 5 aliphatic carbocycles. The number of hydrogen-bond donors (Lipinski definition) is 4. The number of ether oxygens (including phenoxy) is 1. The number of methoxy groups -OCH3 is 1. The molecule has 0 bridgehead atoms. The summed E-state index contributed by atoms with van der Waals surface area (Å²) >= 11 is 0. The van der Waals surface area contributed by atoms with Crippen LogP contribution in [0.1, 0.15) is 92.9 Å². The lowest BCUT2D eigenvalue weighted by Gasteiger charge is -2.71. The van der Waals surface area contributed by atoms with Crippen molar-refractivity contribution in [2.75, 3.05) is 13.7 Å². The summed E-state index contributed by atoms with van der Waals surface area (Å²) in [5, 5.41) is 44.3. The monoisotopic (exact) mass is 518 g/mol. The van der Waals surface area contributed by atoms with Crippen molar-refractivity contribution < 1.29 is 30.0 Å². The molecule has 4 N–H and O–H groups in total. The lowest BCUT2D eigenvalue weighted by atomic mass is 9.33. The molecule has 3 unspecified atom stereocenters. The highest BCUT2D eigenvalue weighted by Gasteiger charge is 2.71. The number of fused-ring (bicyclic) bond motifs is 7. The molecule has 0 aromatic carbocycles. The van der Waals surface area contributed by atoms with Crippen LogP contribution in [-0.2, 0) is 9.53 Å². The first-order valence-corrected chi connectivity index (χ1v) is 14.5. The van der Waals surface area contributed by atoms with Crippen molar-refractivity contribution in [2.45, 2.75) is 111 Å². The Kier molecular flexibility index (Phi) is 6.18. The molecule has 6 heteroatoms. The molecule has 210 valence electrons. The van der Waals surface area contributed by atoms with Crippen LogP contribution in [0.25, 0.3) is 0 Å². The molecule has 4 fully saturated rings. The minimum atomic E-state index is -0.930. The fraction of sp³-hybridized carbons (Fsp3) is 0.903. The fourth-order valence-electron chi connectivity index (χ4n) is 10.9. The van der Waals surface area contributed by atoms with Gasteiger partial charge in [0, 0.05) is 11.3 Å². The van der Waals surface area contributed by atoms with Crippen molar-refractivity contribution in [1.29, 1.82) is 0 Å². The van der Waals surface area contributed by atoms with Crippen LogP contribution < -0.4 is 0 Å². The van der Waals surface area contributed by atoms with Crippen LogP contribution in [0.5, 0.6) is 0 Å². The normalized spacial score (nSPS) is 54.6. The fourth-order valence-corrected chi connectivity index (χ4v) is 10.9. The molecule has 5 aliphatic rings. The van der Waals surface area contributed by atoms with Gasteiger partial charge in [0.1, 0.15) is 0 Å². The molecular formula is C31H50O6. The summed E-state index contributed by atoms with van der Waals surface area (Å²) in [6.45, 7) is 13.1. The Morgan fingerprint density at radius 2 is 1.59 bits per heavy atom. The standard InChI is InChI=1S/C31H50O6/c1-26(2)12-14-31(25(36)37-7)15-13-29(5)18(22(31)24(26)35)8-9-21-27(3)16-19(33)23(34)28(4,17-32)20(27)10-11-30(21,29)6/h8,19-24,32-35H,9-17H2,1-7H3/t19-,20?,21?,22?,23+,24+,27+,28-,29-,30-,31+/m1/s1. The Labute approximate surface area is 222 Å². The first-order valence-electron chi connectivity index (χ1n) is 14.5. The van der Waals surface area contributed by atoms with E-state index in [1.807, 2.05) is 6.92 Å². The quantitative estimate of drug-likeness (QED) is 0.322. The summed E-state index contributed by atoms with van der Waals surface area (Å²) in [6.07, 6.45) is 6.23. The maximum absolute atomic E-state index is 13.4. The molecule has 4 saturated carbocycles. The van der Waals surface area contributed by atoms with E-state index in [4.69, 9.17) is 4.74 Å². The average molecular weight is 519 g/mol. The number of hydrogen-bond acceptors (Lipinski definition) is 6. The van der Waals surface area contributed by atoms with E-state index < -0.39 is 29.1 Å². The van der Waals surface area contributed by atoms with E-state index in [9.17, 15) is 25.2 Å². The number of allylic oxidation sites excluding steroid dienone is 1. The summed E-state index contributed by atoms with van der Waals surface area (Å²) in [4.78, 5) is 13.4. The van der Waals surface area contributed by atoms with Crippen LogP contribution in [-0.4, -0.2) is 58.4 Å². The first kappa shape index (κ1) is 27.6. The molecule has 11 atom stereocenters. The Morgan fingerprint density at radius 3 is 2.22 bits per heavy atom. The second kappa shape index (κ2) is 8.28. The van der Waals surface area contributed by atoms with Gasteiger partial charge in [-0.25, -0.2) is 0 Å². The molecular weight excluding hydrogens is 468 g/mol. The van der Waals surface area contributed by atoms with Crippen molar-refractivity contribution >= 4 is 5.97 Å². The van der Waals surface area contributed by atoms with Gasteiger partial charge in [-0.2, -0.15) is 0 Å². The second-order valence-corrected chi connectivity index (χ2v) is 15.2. The van der Waals surface area contributed by atoms with Crippen LogP contribution in [0.4, 0.5) is 0 Å². The Morgan fingerprint density at radius 1 is 0.946 bits per heavy atom. The van der Waals surface area contributed by atoms with Gasteiger partial charge < -0.3 is 25.2 Å². The lowest BCUT2D eigenvalue weighted by molar-refractivity contribution is -0.245. The summed E-state index contributed by atoms with van der Waals surface area (Å²) in [5.41, 5.74) is -0.993. The minimum absolute atomic E-state index is 0.0930. The molecule has 0 heterocycles. The second-order valence-electron chi connectivity index (χ2n) is 15.2. The van der Waals surface area contributed by atoms with Crippen LogP contribution in [0.2, 0.25) is 0 Å². The van der Waals surface area contributed by atoms with Crippen molar-refractivity contribution in [3.63, 3.8) is 0 Å². The SMILES string of the molecule is COC(=O)[C@]12CCC(C)(C)[C@@H](O)C1C1=CCC3[C@@]4(C)C[C@@H](O)[C@H](O)[C@](C)(CO)C4CC[C@@]3(C)[C@]1(C)CC2. The van der Waals surface area contributed by atoms with Crippen LogP contribution >= 0.6 is 0 Å². The number of aliphatic hydroxyl groups excluding tert-OH is 4. The third-order valence-corrected chi connectivity index (χ3v) is 13.5. The van der Waals surface area contributed by atoms with Gasteiger partial charge in [-0.15, -0.1) is 0 Å². The van der Waals surface area contributed by atoms with E-state index in [1.54, 1.807) is 0 Å². The Bertz CT molecular complexity index is 990. The topological polar surface area (TPSA) is 107 Å². The summed E-state index contributed by atoms with van der Waals surface area (Å²) < 4.78 is 5.40. The van der Waals surface area contributed by atoms with Gasteiger partial charge in [0.25, 0.3) is 0 Å². The number of esters is 1. The Hall–Kier alpha value is -0.950. The highest BCUT2D eigenvalue weighted by molar-refractivity contribution is 5.79. The maximum atomic E-state index is 13.4. The zero-order chi connectivity index (χ0) is 27.4. The van der Waals surface area contributed by atoms with E-state index in [1.165, 1.54) is 12.7 Å². The van der Waals surface area contributed by atoms with Gasteiger partial charge in [0.2, 0.25) is 0 Å². The van der Waals surface area contributed by atoms with Crippen LogP contribution in [0.15, 0.2) is 11.6 Å². The van der Waals surface area contributed by atoms with Crippen molar-refractivity contribution in [3.05, 3.63) is 11.6 Å². The minimum Gasteiger partial charge on any atom is -0.469 e. The van der Waals surface area contributed by atoms with E-state index in [0.717, 1.165) is 38.5 Å². The first-order chi connectivity index (χ1) is 17.1. The molecule has 0 aromatic rings. The lowest BCUT2D eigenvalue weighted by Crippen LogP contribution is -2.69. The molecule has 0 amide bonds. The molecule has 0 aliphatic heterocycles. The highest BCUT2D eigenvalue weighted by atomic mass is 16.5. The van der Waals surface area contributed by atoms with Crippen molar-refractivity contribution in [1.82, 2.24) is 0 Å². The molecule has 5 rings (SSSR count). The maximum Gasteiger partial charge on any atom is 0.312 e. The van der Waals surface area contributed by atoms with Crippen LogP contribution in [0, 0.1) is 50.2 Å². The largest absolute Gasteiger partial charge is 0.469 e. The number of carbonyl (C=O) groups excluding carboxylic acids is 1. The van der Waals surface area contributed by atoms with Gasteiger partial charge in [0.05, 0.1) is 37.4 Å². The van der Waals surface area contributed by atoms with Crippen molar-refractivity contribution in [2.24, 2.45) is 50.2 Å². The third-order valence-electron chi connectivity index (χ3n) is 13.5. The van der Waals surface area contributed by atoms with Gasteiger partial charge in [0.15, 0.2) is 0 Å². The molecule has 0 saturated heterocycles. The zero-order valence-corrected chi connectivity index (χ0v) is 24.0. The van der Waals surface area contributed by atoms with Gasteiger partial charge in [-0.1, -0.05) is 53.2 Å². The average Bonchev–Trinajstić information content (AvgIpc) is 2.84. The van der Waals surface area contributed by atoms with Gasteiger partial charge in [-0.05, 0) is 84.9 Å². The summed E-state index contributed by atoms with van der Waals surface area (Å²) in [5.74, 6) is -0.0647. The molecule has 0 aromatic heterocycles. The summed E-state index contributed by atoms with van der Waals surface area (Å²) in [6, 6.07) is 0. The van der Waals surface area contributed by atoms with E-state index in [2.05, 4.69) is 40.7 Å². The van der Waals surface area contributed by atoms with Crippen molar-refractivity contribution in [3.8, 4) is 0 Å². The predicted octanol–water partition coefficient (Wildman–Crippen LogP) is 4.24. The molecule has 37 heavy (non-hydrogen) atoms. The molecule has 0 spiro atoms. The highest BCUT2D eigenvalue weighted by Crippen LogP contribution is 2.75. The van der Waals surface area contributed by atoms with Gasteiger partial charge in [-0.3, -0.25) is 4.79 Å². The number of aliphatic hydroxyl groups is 4. The third kappa shape index (κ3) is 3.22. The van der Waals surface area contributed by atoms with Crippen LogP contribution in [0.3, 0.4) is 0 Å². The van der Waals surface area contributed by atoms with Gasteiger partial charge >= 0.3 is 5.97 Å². The number of rotatable bonds is 2. The van der Waals surface area contributed by atoms with E-state index in [-0.39, 0.29) is 52.0 Å². The zero-order valence-electron chi connectivity index (χ0n) is 24.0. The molecule has 6 nitrogen and oxygen atoms in total. The summed E-state index contributed by atoms with van der Waals surface area (Å²) in [7, 11) is 1.48.